The van der Waals surface area contributed by atoms with Crippen LogP contribution in [-0.4, -0.2) is 42.8 Å². The number of Topliss-reactive ketones (excluding diaryl/α,β-unsaturated/α-hetero) is 2. The molecule has 0 amide bonds. The van der Waals surface area contributed by atoms with E-state index in [1.165, 1.54) is 14.0 Å². The van der Waals surface area contributed by atoms with E-state index in [2.05, 4.69) is 0 Å². The molecule has 8 atom stereocenters. The van der Waals surface area contributed by atoms with Crippen molar-refractivity contribution in [3.05, 3.63) is 11.3 Å². The van der Waals surface area contributed by atoms with Gasteiger partial charge in [0.15, 0.2) is 17.6 Å². The molecule has 0 aromatic carbocycles. The van der Waals surface area contributed by atoms with Crippen molar-refractivity contribution in [2.75, 3.05) is 7.11 Å². The van der Waals surface area contributed by atoms with Crippen molar-refractivity contribution in [1.29, 1.82) is 0 Å². The van der Waals surface area contributed by atoms with E-state index >= 15 is 0 Å². The fraction of sp³-hybridized carbons (Fsp3) is 0.739. The number of allylic oxidation sites excluding steroid dienone is 2. The number of carbonyl (C=O) groups is 4. The third-order valence-corrected chi connectivity index (χ3v) is 8.52. The molecule has 7 heteroatoms. The van der Waals surface area contributed by atoms with Gasteiger partial charge in [0.05, 0.1) is 13.5 Å². The quantitative estimate of drug-likeness (QED) is 0.636. The molecule has 2 saturated carbocycles. The average Bonchev–Trinajstić information content (AvgIpc) is 2.64. The van der Waals surface area contributed by atoms with Gasteiger partial charge in [-0.15, -0.1) is 0 Å². The largest absolute Gasteiger partial charge is 0.493 e. The number of fused-ring (bicyclic) bond motifs is 2. The summed E-state index contributed by atoms with van der Waals surface area (Å²) >= 11 is 0. The molecule has 0 aromatic rings. The predicted molar refractivity (Wildman–Crippen MR) is 105 cm³/mol. The van der Waals surface area contributed by atoms with Crippen LogP contribution in [0, 0.1) is 34.5 Å². The van der Waals surface area contributed by atoms with Crippen molar-refractivity contribution < 1.29 is 33.4 Å². The number of ether oxygens (including phenoxy) is 3. The molecule has 4 aliphatic rings. The van der Waals surface area contributed by atoms with Crippen LogP contribution in [0.3, 0.4) is 0 Å². The van der Waals surface area contributed by atoms with Gasteiger partial charge in [0.25, 0.3) is 0 Å². The Kier molecular flexibility index (Phi) is 4.68. The first-order chi connectivity index (χ1) is 14.0. The predicted octanol–water partition coefficient (Wildman–Crippen LogP) is 2.61. The van der Waals surface area contributed by atoms with Crippen LogP contribution in [0.25, 0.3) is 0 Å². The van der Waals surface area contributed by atoms with Crippen LogP contribution in [0.15, 0.2) is 11.3 Å². The summed E-state index contributed by atoms with van der Waals surface area (Å²) in [5, 5.41) is 0. The second-order valence-electron chi connectivity index (χ2n) is 9.91. The Hall–Kier alpha value is -2.18. The zero-order valence-corrected chi connectivity index (χ0v) is 18.4. The minimum Gasteiger partial charge on any atom is -0.493 e. The maximum absolute atomic E-state index is 13.8. The average molecular weight is 418 g/mol. The maximum atomic E-state index is 13.8. The van der Waals surface area contributed by atoms with E-state index < -0.39 is 34.9 Å². The number of esters is 2. The first-order valence-electron chi connectivity index (χ1n) is 10.7. The monoisotopic (exact) mass is 418 g/mol. The molecular weight excluding hydrogens is 388 g/mol. The summed E-state index contributed by atoms with van der Waals surface area (Å²) in [6, 6.07) is 0. The Morgan fingerprint density at radius 2 is 1.83 bits per heavy atom. The fourth-order valence-corrected chi connectivity index (χ4v) is 7.30. The highest BCUT2D eigenvalue weighted by Crippen LogP contribution is 2.67. The lowest BCUT2D eigenvalue weighted by molar-refractivity contribution is -0.225. The molecule has 1 saturated heterocycles. The molecule has 3 aliphatic carbocycles. The molecule has 0 N–H and O–H groups in total. The highest BCUT2D eigenvalue weighted by atomic mass is 16.6. The van der Waals surface area contributed by atoms with Crippen LogP contribution < -0.4 is 0 Å². The topological polar surface area (TPSA) is 96.0 Å². The van der Waals surface area contributed by atoms with E-state index in [0.29, 0.717) is 12.8 Å². The molecule has 4 rings (SSSR count). The normalized spacial score (nSPS) is 45.3. The van der Waals surface area contributed by atoms with E-state index in [0.717, 1.165) is 5.57 Å². The SMILES string of the molecule is COC1=C(C)[C@@H]2CC(=O)OC3C[C@H]4[C@H](C)C[C@H](OC(C)=O)C(=O)[C@]4(C)[C@@H](C1=O)[C@@]32C. The van der Waals surface area contributed by atoms with E-state index in [-0.39, 0.29) is 47.5 Å². The van der Waals surface area contributed by atoms with Crippen LogP contribution >= 0.6 is 0 Å². The van der Waals surface area contributed by atoms with Gasteiger partial charge in [0, 0.05) is 29.6 Å². The van der Waals surface area contributed by atoms with Crippen molar-refractivity contribution in [2.24, 2.45) is 34.5 Å². The van der Waals surface area contributed by atoms with Crippen LogP contribution in [0.5, 0.6) is 0 Å². The summed E-state index contributed by atoms with van der Waals surface area (Å²) in [7, 11) is 1.45. The second kappa shape index (κ2) is 6.66. The van der Waals surface area contributed by atoms with Crippen LogP contribution in [-0.2, 0) is 33.4 Å². The van der Waals surface area contributed by atoms with E-state index in [1.807, 2.05) is 27.7 Å². The number of methoxy groups -OCH3 is 1. The van der Waals surface area contributed by atoms with E-state index in [4.69, 9.17) is 14.2 Å². The van der Waals surface area contributed by atoms with Crippen LogP contribution in [0.1, 0.15) is 53.9 Å². The molecule has 30 heavy (non-hydrogen) atoms. The lowest BCUT2D eigenvalue weighted by atomic mass is 9.39. The number of carbonyl (C=O) groups excluding carboxylic acids is 4. The van der Waals surface area contributed by atoms with Gasteiger partial charge in [-0.05, 0) is 37.2 Å². The van der Waals surface area contributed by atoms with Crippen molar-refractivity contribution in [2.45, 2.75) is 66.1 Å². The van der Waals surface area contributed by atoms with Gasteiger partial charge in [-0.3, -0.25) is 19.2 Å². The molecule has 0 bridgehead atoms. The van der Waals surface area contributed by atoms with Gasteiger partial charge in [0.2, 0.25) is 5.78 Å². The Labute approximate surface area is 176 Å². The molecule has 7 nitrogen and oxygen atoms in total. The first-order valence-corrected chi connectivity index (χ1v) is 10.7. The van der Waals surface area contributed by atoms with Crippen LogP contribution in [0.4, 0.5) is 0 Å². The fourth-order valence-electron chi connectivity index (χ4n) is 7.30. The summed E-state index contributed by atoms with van der Waals surface area (Å²) in [6.07, 6.45) is -0.215. The standard InChI is InChI=1S/C23H30O7/c1-10-7-15(29-12(3)24)21(27)23(5)13(10)8-16-22(4)14(9-17(25)30-16)11(2)19(28-6)18(26)20(22)23/h10,13-16,20H,7-9H2,1-6H3/t10-,13+,14+,15+,16?,20+,22-,23+/m1/s1. The third kappa shape index (κ3) is 2.50. The molecule has 1 unspecified atom stereocenters. The molecule has 0 aromatic heterocycles. The first kappa shape index (κ1) is 21.1. The zero-order chi connectivity index (χ0) is 22.2. The Bertz CT molecular complexity index is 873. The summed E-state index contributed by atoms with van der Waals surface area (Å²) in [4.78, 5) is 51.6. The van der Waals surface area contributed by atoms with Gasteiger partial charge < -0.3 is 14.2 Å². The lowest BCUT2D eigenvalue weighted by Gasteiger charge is -2.65. The lowest BCUT2D eigenvalue weighted by Crippen LogP contribution is -2.70. The minimum atomic E-state index is -1.04. The summed E-state index contributed by atoms with van der Waals surface area (Å²) in [5.74, 6) is -2.05. The molecule has 0 radical (unpaired) electrons. The molecular formula is C23H30O7. The molecule has 0 spiro atoms. The van der Waals surface area contributed by atoms with Crippen molar-refractivity contribution in [3.8, 4) is 0 Å². The molecule has 1 heterocycles. The van der Waals surface area contributed by atoms with Gasteiger partial charge in [-0.1, -0.05) is 20.8 Å². The van der Waals surface area contributed by atoms with Gasteiger partial charge in [-0.25, -0.2) is 0 Å². The van der Waals surface area contributed by atoms with Crippen molar-refractivity contribution >= 4 is 23.5 Å². The smallest absolute Gasteiger partial charge is 0.306 e. The van der Waals surface area contributed by atoms with Gasteiger partial charge >= 0.3 is 11.9 Å². The van der Waals surface area contributed by atoms with Crippen LogP contribution in [0.2, 0.25) is 0 Å². The molecule has 3 fully saturated rings. The molecule has 1 aliphatic heterocycles. The second-order valence-corrected chi connectivity index (χ2v) is 9.91. The Morgan fingerprint density at radius 3 is 2.43 bits per heavy atom. The maximum Gasteiger partial charge on any atom is 0.306 e. The summed E-state index contributed by atoms with van der Waals surface area (Å²) in [5.41, 5.74) is -1.000. The summed E-state index contributed by atoms with van der Waals surface area (Å²) in [6.45, 7) is 8.96. The van der Waals surface area contributed by atoms with Gasteiger partial charge in [-0.2, -0.15) is 0 Å². The number of hydrogen-bond acceptors (Lipinski definition) is 7. The highest BCUT2D eigenvalue weighted by Gasteiger charge is 2.72. The third-order valence-electron chi connectivity index (χ3n) is 8.52. The Morgan fingerprint density at radius 1 is 1.17 bits per heavy atom. The zero-order valence-electron chi connectivity index (χ0n) is 18.4. The number of rotatable bonds is 2. The number of hydrogen-bond donors (Lipinski definition) is 0. The Balaban J connectivity index is 1.92. The summed E-state index contributed by atoms with van der Waals surface area (Å²) < 4.78 is 16.7. The highest BCUT2D eigenvalue weighted by molar-refractivity contribution is 6.04. The number of ketones is 2. The minimum absolute atomic E-state index is 0.0199. The van der Waals surface area contributed by atoms with Gasteiger partial charge in [0.1, 0.15) is 6.10 Å². The van der Waals surface area contributed by atoms with Crippen molar-refractivity contribution in [3.63, 3.8) is 0 Å². The molecule has 164 valence electrons. The van der Waals surface area contributed by atoms with E-state index in [1.54, 1.807) is 0 Å². The van der Waals surface area contributed by atoms with Crippen molar-refractivity contribution in [1.82, 2.24) is 0 Å². The van der Waals surface area contributed by atoms with E-state index in [9.17, 15) is 19.2 Å².